The van der Waals surface area contributed by atoms with E-state index in [0.717, 1.165) is 5.03 Å². The standard InChI is InChI=1S/C11H14N2O3S/c1-8(11(16)13-7-5-10(14)15)17-9-4-2-3-6-12-9/h2-4,6,8H,5,7H2,1H3,(H,13,16)(H,14,15). The van der Waals surface area contributed by atoms with E-state index in [4.69, 9.17) is 5.11 Å². The predicted octanol–water partition coefficient (Wildman–Crippen LogP) is 1.15. The van der Waals surface area contributed by atoms with Crippen LogP contribution in [0.3, 0.4) is 0 Å². The second kappa shape index (κ2) is 6.90. The molecule has 0 saturated carbocycles. The topological polar surface area (TPSA) is 79.3 Å². The molecule has 92 valence electrons. The Balaban J connectivity index is 2.34. The molecule has 1 atom stereocenters. The minimum atomic E-state index is -0.921. The number of amides is 1. The molecule has 0 radical (unpaired) electrons. The Kier molecular flexibility index (Phi) is 5.48. The van der Waals surface area contributed by atoms with Crippen molar-refractivity contribution >= 4 is 23.6 Å². The number of thioether (sulfide) groups is 1. The number of hydrogen-bond donors (Lipinski definition) is 2. The second-order valence-electron chi connectivity index (χ2n) is 3.36. The number of pyridine rings is 1. The maximum Gasteiger partial charge on any atom is 0.305 e. The molecule has 1 amide bonds. The summed E-state index contributed by atoms with van der Waals surface area (Å²) in [5, 5.41) is 11.5. The Morgan fingerprint density at radius 3 is 2.88 bits per heavy atom. The molecule has 5 nitrogen and oxygen atoms in total. The number of carboxylic acids is 1. The molecule has 0 aliphatic carbocycles. The van der Waals surface area contributed by atoms with Crippen LogP contribution >= 0.6 is 11.8 Å². The van der Waals surface area contributed by atoms with Gasteiger partial charge in [-0.3, -0.25) is 9.59 Å². The Morgan fingerprint density at radius 1 is 1.53 bits per heavy atom. The smallest absolute Gasteiger partial charge is 0.305 e. The highest BCUT2D eigenvalue weighted by Crippen LogP contribution is 2.20. The summed E-state index contributed by atoms with van der Waals surface area (Å²) >= 11 is 1.34. The fraction of sp³-hybridized carbons (Fsp3) is 0.364. The highest BCUT2D eigenvalue weighted by molar-refractivity contribution is 8.00. The minimum absolute atomic E-state index is 0.0628. The lowest BCUT2D eigenvalue weighted by Crippen LogP contribution is -2.32. The van der Waals surface area contributed by atoms with E-state index in [1.54, 1.807) is 13.1 Å². The summed E-state index contributed by atoms with van der Waals surface area (Å²) in [7, 11) is 0. The van der Waals surface area contributed by atoms with Gasteiger partial charge in [0.2, 0.25) is 5.91 Å². The van der Waals surface area contributed by atoms with Crippen molar-refractivity contribution in [3.63, 3.8) is 0 Å². The summed E-state index contributed by atoms with van der Waals surface area (Å²) in [5.41, 5.74) is 0. The van der Waals surface area contributed by atoms with Crippen molar-refractivity contribution in [2.45, 2.75) is 23.6 Å². The minimum Gasteiger partial charge on any atom is -0.481 e. The normalized spacial score (nSPS) is 11.8. The van der Waals surface area contributed by atoms with Crippen LogP contribution in [-0.2, 0) is 9.59 Å². The molecule has 0 saturated heterocycles. The molecule has 0 aromatic carbocycles. The average Bonchev–Trinajstić information content (AvgIpc) is 2.29. The maximum atomic E-state index is 11.6. The largest absolute Gasteiger partial charge is 0.481 e. The third-order valence-corrected chi connectivity index (χ3v) is 2.99. The zero-order chi connectivity index (χ0) is 12.7. The number of rotatable bonds is 6. The fourth-order valence-corrected chi connectivity index (χ4v) is 1.92. The molecule has 1 aromatic rings. The van der Waals surface area contributed by atoms with Gasteiger partial charge in [-0.15, -0.1) is 0 Å². The van der Waals surface area contributed by atoms with Crippen molar-refractivity contribution in [2.75, 3.05) is 6.54 Å². The highest BCUT2D eigenvalue weighted by Gasteiger charge is 2.14. The number of aromatic nitrogens is 1. The molecule has 6 heteroatoms. The molecule has 2 N–H and O–H groups in total. The van der Waals surface area contributed by atoms with Crippen LogP contribution in [0.4, 0.5) is 0 Å². The van der Waals surface area contributed by atoms with Crippen LogP contribution in [0.15, 0.2) is 29.4 Å². The van der Waals surface area contributed by atoms with E-state index in [0.29, 0.717) is 0 Å². The number of hydrogen-bond acceptors (Lipinski definition) is 4. The Labute approximate surface area is 104 Å². The van der Waals surface area contributed by atoms with Crippen LogP contribution in [0.25, 0.3) is 0 Å². The molecule has 0 spiro atoms. The zero-order valence-electron chi connectivity index (χ0n) is 9.42. The van der Waals surface area contributed by atoms with E-state index in [-0.39, 0.29) is 24.1 Å². The highest BCUT2D eigenvalue weighted by atomic mass is 32.2. The van der Waals surface area contributed by atoms with Gasteiger partial charge in [-0.2, -0.15) is 0 Å². The molecular weight excluding hydrogens is 240 g/mol. The summed E-state index contributed by atoms with van der Waals surface area (Å²) < 4.78 is 0. The first kappa shape index (κ1) is 13.5. The predicted molar refractivity (Wildman–Crippen MR) is 64.8 cm³/mol. The number of aliphatic carboxylic acids is 1. The van der Waals surface area contributed by atoms with Gasteiger partial charge >= 0.3 is 5.97 Å². The van der Waals surface area contributed by atoms with Crippen LogP contribution in [0.2, 0.25) is 0 Å². The van der Waals surface area contributed by atoms with Gasteiger partial charge in [0.25, 0.3) is 0 Å². The number of nitrogens with zero attached hydrogens (tertiary/aromatic N) is 1. The molecular formula is C11H14N2O3S. The Morgan fingerprint density at radius 2 is 2.29 bits per heavy atom. The number of carbonyl (C=O) groups excluding carboxylic acids is 1. The monoisotopic (exact) mass is 254 g/mol. The van der Waals surface area contributed by atoms with E-state index in [1.807, 2.05) is 18.2 Å². The third-order valence-electron chi connectivity index (χ3n) is 1.94. The van der Waals surface area contributed by atoms with Gasteiger partial charge < -0.3 is 10.4 Å². The first-order chi connectivity index (χ1) is 8.09. The van der Waals surface area contributed by atoms with Crippen LogP contribution in [-0.4, -0.2) is 33.8 Å². The summed E-state index contributed by atoms with van der Waals surface area (Å²) in [4.78, 5) is 25.9. The van der Waals surface area contributed by atoms with Crippen molar-refractivity contribution in [1.82, 2.24) is 10.3 Å². The summed E-state index contributed by atoms with van der Waals surface area (Å²) in [6, 6.07) is 5.48. The van der Waals surface area contributed by atoms with Crippen molar-refractivity contribution in [1.29, 1.82) is 0 Å². The molecule has 1 unspecified atom stereocenters. The zero-order valence-corrected chi connectivity index (χ0v) is 10.2. The summed E-state index contributed by atoms with van der Waals surface area (Å²) in [5.74, 6) is -1.10. The SMILES string of the molecule is CC(Sc1ccccn1)C(=O)NCCC(=O)O. The van der Waals surface area contributed by atoms with Gasteiger partial charge in [0, 0.05) is 12.7 Å². The van der Waals surface area contributed by atoms with Gasteiger partial charge in [-0.1, -0.05) is 17.8 Å². The Hall–Kier alpha value is -1.56. The molecule has 0 bridgehead atoms. The van der Waals surface area contributed by atoms with Crippen molar-refractivity contribution < 1.29 is 14.7 Å². The van der Waals surface area contributed by atoms with Crippen molar-refractivity contribution in [3.8, 4) is 0 Å². The quantitative estimate of drug-likeness (QED) is 0.744. The van der Waals surface area contributed by atoms with E-state index in [9.17, 15) is 9.59 Å². The van der Waals surface area contributed by atoms with Gasteiger partial charge in [0.1, 0.15) is 0 Å². The lowest BCUT2D eigenvalue weighted by atomic mass is 10.4. The lowest BCUT2D eigenvalue weighted by molar-refractivity contribution is -0.136. The van der Waals surface area contributed by atoms with Crippen LogP contribution in [0.1, 0.15) is 13.3 Å². The average molecular weight is 254 g/mol. The lowest BCUT2D eigenvalue weighted by Gasteiger charge is -2.10. The van der Waals surface area contributed by atoms with Crippen LogP contribution < -0.4 is 5.32 Å². The van der Waals surface area contributed by atoms with Crippen LogP contribution in [0, 0.1) is 0 Å². The Bertz CT molecular complexity index is 384. The molecule has 0 aliphatic heterocycles. The summed E-state index contributed by atoms with van der Waals surface area (Å²) in [6.07, 6.45) is 1.60. The van der Waals surface area contributed by atoms with E-state index in [2.05, 4.69) is 10.3 Å². The molecule has 1 heterocycles. The molecule has 17 heavy (non-hydrogen) atoms. The van der Waals surface area contributed by atoms with E-state index >= 15 is 0 Å². The van der Waals surface area contributed by atoms with Crippen molar-refractivity contribution in [3.05, 3.63) is 24.4 Å². The van der Waals surface area contributed by atoms with E-state index < -0.39 is 5.97 Å². The first-order valence-electron chi connectivity index (χ1n) is 5.17. The summed E-state index contributed by atoms with van der Waals surface area (Å²) in [6.45, 7) is 1.91. The number of carboxylic acid groups (broad SMARTS) is 1. The molecule has 1 rings (SSSR count). The third kappa shape index (κ3) is 5.35. The van der Waals surface area contributed by atoms with Gasteiger partial charge in [-0.25, -0.2) is 4.98 Å². The van der Waals surface area contributed by atoms with Crippen LogP contribution in [0.5, 0.6) is 0 Å². The molecule has 1 aromatic heterocycles. The molecule has 0 aliphatic rings. The number of carbonyl (C=O) groups is 2. The van der Waals surface area contributed by atoms with Gasteiger partial charge in [0.15, 0.2) is 0 Å². The van der Waals surface area contributed by atoms with Gasteiger partial charge in [0.05, 0.1) is 16.7 Å². The van der Waals surface area contributed by atoms with Gasteiger partial charge in [-0.05, 0) is 19.1 Å². The molecule has 0 fully saturated rings. The second-order valence-corrected chi connectivity index (χ2v) is 4.72. The number of nitrogens with one attached hydrogen (secondary N) is 1. The van der Waals surface area contributed by atoms with E-state index in [1.165, 1.54) is 11.8 Å². The first-order valence-corrected chi connectivity index (χ1v) is 6.04. The fourth-order valence-electron chi connectivity index (χ4n) is 1.09. The van der Waals surface area contributed by atoms with Crippen molar-refractivity contribution in [2.24, 2.45) is 0 Å². The maximum absolute atomic E-state index is 11.6.